The number of carboxylic acid groups (broad SMARTS) is 1. The first-order chi connectivity index (χ1) is 18.9. The Labute approximate surface area is 230 Å². The maximum atomic E-state index is 14.0. The van der Waals surface area contributed by atoms with Gasteiger partial charge in [0.05, 0.1) is 11.7 Å². The third kappa shape index (κ3) is 5.87. The van der Waals surface area contributed by atoms with Crippen LogP contribution in [0.1, 0.15) is 71.6 Å². The van der Waals surface area contributed by atoms with Gasteiger partial charge < -0.3 is 25.4 Å². The number of methoxy groups -OCH3 is 1. The van der Waals surface area contributed by atoms with Crippen molar-refractivity contribution in [1.82, 2.24) is 4.90 Å². The third-order valence-electron chi connectivity index (χ3n) is 8.80. The second kappa shape index (κ2) is 11.9. The Morgan fingerprint density at radius 1 is 0.949 bits per heavy atom. The van der Waals surface area contributed by atoms with Gasteiger partial charge in [-0.2, -0.15) is 0 Å². The molecular formula is C31H39N3O5. The number of carbonyl (C=O) groups excluding carboxylic acids is 2. The number of hydrogen-bond acceptors (Lipinski definition) is 6. The highest BCUT2D eigenvalue weighted by Gasteiger charge is 2.40. The maximum absolute atomic E-state index is 14.0. The van der Waals surface area contributed by atoms with E-state index in [4.69, 9.17) is 10.5 Å². The van der Waals surface area contributed by atoms with Crippen LogP contribution in [0, 0.1) is 5.92 Å². The topological polar surface area (TPSA) is 113 Å². The smallest absolute Gasteiger partial charge is 0.335 e. The molecule has 8 nitrogen and oxygen atoms in total. The molecule has 0 spiro atoms. The number of aromatic carboxylic acids is 1. The monoisotopic (exact) mass is 533 g/mol. The maximum Gasteiger partial charge on any atom is 0.335 e. The number of ketones is 1. The Kier molecular flexibility index (Phi) is 8.33. The van der Waals surface area contributed by atoms with Crippen LogP contribution < -0.4 is 10.6 Å². The van der Waals surface area contributed by atoms with E-state index in [1.165, 1.54) is 12.1 Å². The van der Waals surface area contributed by atoms with E-state index in [1.54, 1.807) is 19.2 Å². The molecule has 2 heterocycles. The lowest BCUT2D eigenvalue weighted by Gasteiger charge is -2.42. The van der Waals surface area contributed by atoms with E-state index in [-0.39, 0.29) is 41.7 Å². The van der Waals surface area contributed by atoms with Crippen molar-refractivity contribution >= 4 is 23.3 Å². The highest BCUT2D eigenvalue weighted by Crippen LogP contribution is 2.39. The lowest BCUT2D eigenvalue weighted by Crippen LogP contribution is -2.48. The molecule has 1 saturated heterocycles. The van der Waals surface area contributed by atoms with Crippen molar-refractivity contribution in [3.63, 3.8) is 0 Å². The van der Waals surface area contributed by atoms with Gasteiger partial charge in [-0.1, -0.05) is 24.3 Å². The van der Waals surface area contributed by atoms with Gasteiger partial charge in [0.25, 0.3) is 0 Å². The number of amides is 1. The zero-order chi connectivity index (χ0) is 27.5. The number of nitrogens with two attached hydrogens (primary N) is 1. The Balaban J connectivity index is 1.45. The standard InChI is InChI=1S/C31H39N3O5/c1-39-24-13-16-33(17-14-24)27-4-2-3-26-25(27)15-18-34(30(36)21-9-11-23(32)12-10-21)29(26)28(35)19-20-5-7-22(8-6-20)31(37)38/h2-8,21,23-24,29H,9-19,32H2,1H3,(H,37,38). The number of carbonyl (C=O) groups is 3. The van der Waals surface area contributed by atoms with Crippen LogP contribution in [-0.2, 0) is 27.2 Å². The summed E-state index contributed by atoms with van der Waals surface area (Å²) in [5.74, 6) is -1.10. The van der Waals surface area contributed by atoms with E-state index < -0.39 is 12.0 Å². The lowest BCUT2D eigenvalue weighted by molar-refractivity contribution is -0.144. The molecule has 5 rings (SSSR count). The molecule has 1 saturated carbocycles. The van der Waals surface area contributed by atoms with Gasteiger partial charge in [0, 0.05) is 50.8 Å². The van der Waals surface area contributed by atoms with E-state index in [1.807, 2.05) is 17.0 Å². The first-order valence-electron chi connectivity index (χ1n) is 14.2. The minimum atomic E-state index is -1.000. The minimum absolute atomic E-state index is 0.0462. The Hall–Kier alpha value is -3.23. The van der Waals surface area contributed by atoms with Crippen LogP contribution in [0.4, 0.5) is 5.69 Å². The summed E-state index contributed by atoms with van der Waals surface area (Å²) in [6.45, 7) is 2.30. The molecule has 2 aromatic carbocycles. The first kappa shape index (κ1) is 27.3. The fourth-order valence-electron chi connectivity index (χ4n) is 6.53. The number of fused-ring (bicyclic) bond motifs is 1. The number of carboxylic acids is 1. The van der Waals surface area contributed by atoms with Gasteiger partial charge >= 0.3 is 5.97 Å². The summed E-state index contributed by atoms with van der Waals surface area (Å²) in [5.41, 5.74) is 10.3. The number of hydrogen-bond donors (Lipinski definition) is 2. The van der Waals surface area contributed by atoms with E-state index in [2.05, 4.69) is 11.0 Å². The number of piperidine rings is 1. The molecule has 3 aliphatic rings. The van der Waals surface area contributed by atoms with Crippen LogP contribution >= 0.6 is 0 Å². The SMILES string of the molecule is COC1CCN(c2cccc3c2CCN(C(=O)C2CCC(N)CC2)C3C(=O)Cc2ccc(C(=O)O)cc2)CC1. The molecular weight excluding hydrogens is 494 g/mol. The Morgan fingerprint density at radius 2 is 1.64 bits per heavy atom. The number of ether oxygens (including phenoxy) is 1. The summed E-state index contributed by atoms with van der Waals surface area (Å²) < 4.78 is 5.56. The van der Waals surface area contributed by atoms with Crippen molar-refractivity contribution in [3.05, 3.63) is 64.7 Å². The average molecular weight is 534 g/mol. The summed E-state index contributed by atoms with van der Waals surface area (Å²) >= 11 is 0. The van der Waals surface area contributed by atoms with Crippen LogP contribution in [0.25, 0.3) is 0 Å². The Morgan fingerprint density at radius 3 is 2.28 bits per heavy atom. The minimum Gasteiger partial charge on any atom is -0.478 e. The zero-order valence-corrected chi connectivity index (χ0v) is 22.7. The van der Waals surface area contributed by atoms with E-state index in [0.717, 1.165) is 74.0 Å². The predicted octanol–water partition coefficient (Wildman–Crippen LogP) is 3.76. The first-order valence-corrected chi connectivity index (χ1v) is 14.2. The summed E-state index contributed by atoms with van der Waals surface area (Å²) in [7, 11) is 1.77. The summed E-state index contributed by atoms with van der Waals surface area (Å²) in [4.78, 5) is 43.3. The highest BCUT2D eigenvalue weighted by atomic mass is 16.5. The largest absolute Gasteiger partial charge is 0.478 e. The molecule has 1 atom stereocenters. The summed E-state index contributed by atoms with van der Waals surface area (Å²) in [5, 5.41) is 9.24. The van der Waals surface area contributed by atoms with Gasteiger partial charge in [-0.05, 0) is 79.8 Å². The fraction of sp³-hybridized carbons (Fsp3) is 0.516. The molecule has 208 valence electrons. The van der Waals surface area contributed by atoms with Crippen molar-refractivity contribution in [1.29, 1.82) is 0 Å². The Bertz CT molecular complexity index is 1200. The molecule has 0 aromatic heterocycles. The second-order valence-electron chi connectivity index (χ2n) is 11.2. The summed E-state index contributed by atoms with van der Waals surface area (Å²) in [6.07, 6.45) is 6.22. The number of anilines is 1. The van der Waals surface area contributed by atoms with E-state index in [9.17, 15) is 19.5 Å². The predicted molar refractivity (Wildman–Crippen MR) is 149 cm³/mol. The molecule has 2 aromatic rings. The molecule has 0 radical (unpaired) electrons. The number of benzene rings is 2. The molecule has 39 heavy (non-hydrogen) atoms. The molecule has 2 aliphatic heterocycles. The van der Waals surface area contributed by atoms with Crippen molar-refractivity contribution in [2.24, 2.45) is 11.7 Å². The van der Waals surface area contributed by atoms with E-state index in [0.29, 0.717) is 13.0 Å². The number of nitrogens with zero attached hydrogens (tertiary/aromatic N) is 2. The molecule has 1 aliphatic carbocycles. The van der Waals surface area contributed by atoms with Crippen LogP contribution in [0.5, 0.6) is 0 Å². The van der Waals surface area contributed by atoms with Crippen LogP contribution in [0.2, 0.25) is 0 Å². The third-order valence-corrected chi connectivity index (χ3v) is 8.80. The zero-order valence-electron chi connectivity index (χ0n) is 22.7. The van der Waals surface area contributed by atoms with Crippen molar-refractivity contribution < 1.29 is 24.2 Å². The van der Waals surface area contributed by atoms with Crippen LogP contribution in [0.15, 0.2) is 42.5 Å². The molecule has 1 amide bonds. The lowest BCUT2D eigenvalue weighted by atomic mass is 9.82. The molecule has 3 N–H and O–H groups in total. The fourth-order valence-corrected chi connectivity index (χ4v) is 6.53. The number of Topliss-reactive ketones (excluding diaryl/α,β-unsaturated/α-hetero) is 1. The van der Waals surface area contributed by atoms with Crippen LogP contribution in [-0.4, -0.2) is 66.6 Å². The number of rotatable bonds is 7. The second-order valence-corrected chi connectivity index (χ2v) is 11.2. The van der Waals surface area contributed by atoms with Gasteiger partial charge in [-0.25, -0.2) is 4.79 Å². The van der Waals surface area contributed by atoms with E-state index >= 15 is 0 Å². The normalized spacial score (nSPS) is 23.8. The summed E-state index contributed by atoms with van der Waals surface area (Å²) in [6, 6.07) is 12.1. The molecule has 0 bridgehead atoms. The molecule has 8 heteroatoms. The van der Waals surface area contributed by atoms with Crippen molar-refractivity contribution in [3.8, 4) is 0 Å². The highest BCUT2D eigenvalue weighted by molar-refractivity contribution is 5.93. The molecule has 1 unspecified atom stereocenters. The molecule has 2 fully saturated rings. The van der Waals surface area contributed by atoms with Crippen molar-refractivity contribution in [2.75, 3.05) is 31.6 Å². The quantitative estimate of drug-likeness (QED) is 0.557. The van der Waals surface area contributed by atoms with Crippen LogP contribution in [0.3, 0.4) is 0 Å². The van der Waals surface area contributed by atoms with Gasteiger partial charge in [0.2, 0.25) is 5.91 Å². The van der Waals surface area contributed by atoms with Gasteiger partial charge in [-0.15, -0.1) is 0 Å². The van der Waals surface area contributed by atoms with Crippen molar-refractivity contribution in [2.45, 2.75) is 69.6 Å². The van der Waals surface area contributed by atoms with Gasteiger partial charge in [0.1, 0.15) is 6.04 Å². The van der Waals surface area contributed by atoms with Gasteiger partial charge in [-0.3, -0.25) is 9.59 Å². The van der Waals surface area contributed by atoms with Gasteiger partial charge in [0.15, 0.2) is 5.78 Å². The average Bonchev–Trinajstić information content (AvgIpc) is 2.96.